The Morgan fingerprint density at radius 2 is 1.85 bits per heavy atom. The molecule has 0 saturated carbocycles. The first-order valence-corrected chi connectivity index (χ1v) is 5.27. The van der Waals surface area contributed by atoms with Crippen LogP contribution in [-0.4, -0.2) is 11.6 Å². The molecule has 1 aliphatic heterocycles. The van der Waals surface area contributed by atoms with Gasteiger partial charge in [-0.15, -0.1) is 0 Å². The van der Waals surface area contributed by atoms with Gasteiger partial charge in [-0.3, -0.25) is 0 Å². The molecule has 0 atom stereocenters. The van der Waals surface area contributed by atoms with Crippen molar-refractivity contribution in [2.24, 2.45) is 5.84 Å². The molecule has 2 N–H and O–H groups in total. The summed E-state index contributed by atoms with van der Waals surface area (Å²) in [5, 5.41) is 1.79. The molecule has 0 bridgehead atoms. The van der Waals surface area contributed by atoms with Crippen LogP contribution >= 0.6 is 0 Å². The second-order valence-electron chi connectivity index (χ2n) is 4.03. The van der Waals surface area contributed by atoms with Crippen LogP contribution in [0.25, 0.3) is 0 Å². The van der Waals surface area contributed by atoms with E-state index in [4.69, 9.17) is 5.84 Å². The summed E-state index contributed by atoms with van der Waals surface area (Å²) in [5.74, 6) is 5.74. The van der Waals surface area contributed by atoms with Crippen molar-refractivity contribution in [2.45, 2.75) is 38.5 Å². The minimum absolute atomic E-state index is 0.950. The minimum Gasteiger partial charge on any atom is -0.314 e. The maximum absolute atomic E-state index is 5.74. The van der Waals surface area contributed by atoms with Gasteiger partial charge in [0.1, 0.15) is 0 Å². The van der Waals surface area contributed by atoms with Crippen molar-refractivity contribution in [3.05, 3.63) is 23.4 Å². The highest BCUT2D eigenvalue weighted by Gasteiger charge is 2.12. The van der Waals surface area contributed by atoms with E-state index in [0.717, 1.165) is 6.54 Å². The van der Waals surface area contributed by atoms with Crippen molar-refractivity contribution >= 4 is 0 Å². The topological polar surface area (TPSA) is 29.3 Å². The number of hydrazine groups is 1. The van der Waals surface area contributed by atoms with Crippen LogP contribution in [0.1, 0.15) is 38.5 Å². The molecule has 0 unspecified atom stereocenters. The first kappa shape index (κ1) is 8.82. The number of hydrogen-bond acceptors (Lipinski definition) is 2. The van der Waals surface area contributed by atoms with Crippen LogP contribution in [0.15, 0.2) is 23.4 Å². The zero-order valence-corrected chi connectivity index (χ0v) is 8.13. The summed E-state index contributed by atoms with van der Waals surface area (Å²) < 4.78 is 0. The van der Waals surface area contributed by atoms with Crippen LogP contribution in [0.5, 0.6) is 0 Å². The molecule has 0 aromatic carbocycles. The monoisotopic (exact) mass is 178 g/mol. The summed E-state index contributed by atoms with van der Waals surface area (Å²) in [7, 11) is 0. The predicted molar refractivity (Wildman–Crippen MR) is 54.8 cm³/mol. The molecule has 0 amide bonds. The molecule has 0 spiro atoms. The molecule has 2 nitrogen and oxygen atoms in total. The molecular weight excluding hydrogens is 160 g/mol. The molecule has 2 heteroatoms. The van der Waals surface area contributed by atoms with Gasteiger partial charge in [0.2, 0.25) is 0 Å². The van der Waals surface area contributed by atoms with Crippen LogP contribution in [0.3, 0.4) is 0 Å². The highest BCUT2D eigenvalue weighted by molar-refractivity contribution is 5.30. The number of nitrogens with two attached hydrogens (primary N) is 1. The molecule has 1 aliphatic carbocycles. The minimum atomic E-state index is 0.950. The van der Waals surface area contributed by atoms with Gasteiger partial charge >= 0.3 is 0 Å². The first-order valence-electron chi connectivity index (χ1n) is 5.27. The lowest BCUT2D eigenvalue weighted by Crippen LogP contribution is -2.30. The fraction of sp³-hybridized carbons (Fsp3) is 0.636. The van der Waals surface area contributed by atoms with E-state index in [0.29, 0.717) is 0 Å². The van der Waals surface area contributed by atoms with Gasteiger partial charge < -0.3 is 5.01 Å². The van der Waals surface area contributed by atoms with E-state index in [1.807, 2.05) is 6.20 Å². The third-order valence-electron chi connectivity index (χ3n) is 2.97. The maximum atomic E-state index is 5.74. The standard InChI is InChI=1S/C11H18N2/c12-13-8-7-10-5-3-1-2-4-6-11(10)9-13/h7-8H,1-6,9,12H2. The average molecular weight is 178 g/mol. The van der Waals surface area contributed by atoms with E-state index >= 15 is 0 Å². The summed E-state index contributed by atoms with van der Waals surface area (Å²) in [6.45, 7) is 0.950. The zero-order chi connectivity index (χ0) is 9.10. The van der Waals surface area contributed by atoms with Gasteiger partial charge in [-0.25, -0.2) is 5.84 Å². The second-order valence-corrected chi connectivity index (χ2v) is 4.03. The third kappa shape index (κ3) is 2.13. The van der Waals surface area contributed by atoms with Crippen molar-refractivity contribution in [2.75, 3.05) is 6.54 Å². The molecule has 0 aromatic rings. The fourth-order valence-electron chi connectivity index (χ4n) is 2.19. The second kappa shape index (κ2) is 3.97. The average Bonchev–Trinajstić information content (AvgIpc) is 2.08. The van der Waals surface area contributed by atoms with Crippen LogP contribution < -0.4 is 5.84 Å². The molecule has 13 heavy (non-hydrogen) atoms. The summed E-state index contributed by atoms with van der Waals surface area (Å²) in [6.07, 6.45) is 12.2. The molecule has 0 aromatic heterocycles. The molecular formula is C11H18N2. The van der Waals surface area contributed by atoms with Gasteiger partial charge in [-0.05, 0) is 42.9 Å². The van der Waals surface area contributed by atoms with Gasteiger partial charge in [0.15, 0.2) is 0 Å². The van der Waals surface area contributed by atoms with E-state index in [1.54, 1.807) is 16.2 Å². The Morgan fingerprint density at radius 1 is 1.08 bits per heavy atom. The van der Waals surface area contributed by atoms with Crippen molar-refractivity contribution in [3.8, 4) is 0 Å². The summed E-state index contributed by atoms with van der Waals surface area (Å²) in [5.41, 5.74) is 3.13. The number of nitrogens with zero attached hydrogens (tertiary/aromatic N) is 1. The SMILES string of the molecule is NN1C=CC2=C(CCCCCC2)C1. The Kier molecular flexibility index (Phi) is 2.69. The predicted octanol–water partition coefficient (Wildman–Crippen LogP) is 2.34. The van der Waals surface area contributed by atoms with E-state index in [-0.39, 0.29) is 0 Å². The lowest BCUT2D eigenvalue weighted by atomic mass is 9.92. The Bertz CT molecular complexity index is 240. The highest BCUT2D eigenvalue weighted by atomic mass is 15.4. The first-order chi connectivity index (χ1) is 6.36. The Morgan fingerprint density at radius 3 is 2.69 bits per heavy atom. The van der Waals surface area contributed by atoms with Crippen LogP contribution in [0, 0.1) is 0 Å². The largest absolute Gasteiger partial charge is 0.314 e. The molecule has 1 heterocycles. The van der Waals surface area contributed by atoms with E-state index < -0.39 is 0 Å². The maximum Gasteiger partial charge on any atom is 0.0551 e. The Balaban J connectivity index is 2.12. The van der Waals surface area contributed by atoms with Gasteiger partial charge in [-0.1, -0.05) is 12.8 Å². The lowest BCUT2D eigenvalue weighted by Gasteiger charge is -2.25. The van der Waals surface area contributed by atoms with Crippen molar-refractivity contribution in [3.63, 3.8) is 0 Å². The summed E-state index contributed by atoms with van der Waals surface area (Å²) in [6, 6.07) is 0. The molecule has 2 aliphatic rings. The van der Waals surface area contributed by atoms with Crippen molar-refractivity contribution in [1.29, 1.82) is 0 Å². The van der Waals surface area contributed by atoms with Gasteiger partial charge in [0.25, 0.3) is 0 Å². The zero-order valence-electron chi connectivity index (χ0n) is 8.13. The van der Waals surface area contributed by atoms with E-state index in [2.05, 4.69) is 6.08 Å². The normalized spacial score (nSPS) is 23.9. The third-order valence-corrected chi connectivity index (χ3v) is 2.97. The van der Waals surface area contributed by atoms with E-state index in [1.165, 1.54) is 38.5 Å². The van der Waals surface area contributed by atoms with Gasteiger partial charge in [0, 0.05) is 6.20 Å². The molecule has 0 radical (unpaired) electrons. The quantitative estimate of drug-likeness (QED) is 0.577. The summed E-state index contributed by atoms with van der Waals surface area (Å²) >= 11 is 0. The molecule has 72 valence electrons. The molecule has 2 rings (SSSR count). The lowest BCUT2D eigenvalue weighted by molar-refractivity contribution is 0.407. The van der Waals surface area contributed by atoms with Gasteiger partial charge in [-0.2, -0.15) is 0 Å². The van der Waals surface area contributed by atoms with Crippen LogP contribution in [0.2, 0.25) is 0 Å². The van der Waals surface area contributed by atoms with Crippen LogP contribution in [-0.2, 0) is 0 Å². The van der Waals surface area contributed by atoms with Crippen molar-refractivity contribution < 1.29 is 0 Å². The Hall–Kier alpha value is -0.760. The molecule has 0 saturated heterocycles. The highest BCUT2D eigenvalue weighted by Crippen LogP contribution is 2.26. The molecule has 0 fully saturated rings. The fourth-order valence-corrected chi connectivity index (χ4v) is 2.19. The number of hydrogen-bond donors (Lipinski definition) is 1. The number of allylic oxidation sites excluding steroid dienone is 2. The van der Waals surface area contributed by atoms with Crippen LogP contribution in [0.4, 0.5) is 0 Å². The number of rotatable bonds is 0. The van der Waals surface area contributed by atoms with E-state index in [9.17, 15) is 0 Å². The Labute approximate surface area is 80.1 Å². The van der Waals surface area contributed by atoms with Gasteiger partial charge in [0.05, 0.1) is 6.54 Å². The van der Waals surface area contributed by atoms with Crippen molar-refractivity contribution in [1.82, 2.24) is 5.01 Å². The smallest absolute Gasteiger partial charge is 0.0551 e. The summed E-state index contributed by atoms with van der Waals surface area (Å²) in [4.78, 5) is 0.